The van der Waals surface area contributed by atoms with Crippen molar-refractivity contribution in [3.8, 4) is 22.6 Å². The number of aryl methyl sites for hydroxylation is 1. The van der Waals surface area contributed by atoms with Gasteiger partial charge in [-0.1, -0.05) is 19.1 Å². The molecular weight excluding hydrogens is 456 g/mol. The van der Waals surface area contributed by atoms with Crippen molar-refractivity contribution < 1.29 is 17.3 Å². The van der Waals surface area contributed by atoms with Crippen LogP contribution in [0.25, 0.3) is 11.1 Å². The van der Waals surface area contributed by atoms with E-state index in [4.69, 9.17) is 26.1 Å². The molecule has 0 unspecified atom stereocenters. The molecular formula is C23H30N6O4S. The number of rotatable bonds is 9. The van der Waals surface area contributed by atoms with Gasteiger partial charge in [0.2, 0.25) is 5.95 Å². The number of nitrogens with zero attached hydrogens (tertiary/aromatic N) is 3. The molecule has 1 heterocycles. The van der Waals surface area contributed by atoms with Crippen LogP contribution in [0.4, 0.5) is 17.5 Å². The maximum Gasteiger partial charge on any atom is 0.384 e. The molecule has 1 aromatic heterocycles. The average Bonchev–Trinajstić information content (AvgIpc) is 2.77. The smallest absolute Gasteiger partial charge is 0.384 e. The summed E-state index contributed by atoms with van der Waals surface area (Å²) in [6.07, 6.45) is 1.84. The van der Waals surface area contributed by atoms with E-state index in [9.17, 15) is 8.42 Å². The molecule has 3 rings (SSSR count). The van der Waals surface area contributed by atoms with Gasteiger partial charge in [0, 0.05) is 37.5 Å². The zero-order valence-electron chi connectivity index (χ0n) is 19.7. The van der Waals surface area contributed by atoms with Crippen LogP contribution in [0, 0.1) is 6.92 Å². The summed E-state index contributed by atoms with van der Waals surface area (Å²) in [5, 5.41) is 0. The summed E-state index contributed by atoms with van der Waals surface area (Å²) in [7, 11) is -2.62. The molecule has 0 aliphatic carbocycles. The van der Waals surface area contributed by atoms with Gasteiger partial charge in [0.1, 0.15) is 11.6 Å². The van der Waals surface area contributed by atoms with Crippen molar-refractivity contribution in [2.24, 2.45) is 0 Å². The second kappa shape index (κ2) is 10.1. The van der Waals surface area contributed by atoms with Crippen LogP contribution < -0.4 is 26.1 Å². The fourth-order valence-corrected chi connectivity index (χ4v) is 4.09. The predicted octanol–water partition coefficient (Wildman–Crippen LogP) is 2.76. The molecule has 0 aliphatic rings. The largest absolute Gasteiger partial charge is 0.493 e. The Morgan fingerprint density at radius 1 is 1.06 bits per heavy atom. The monoisotopic (exact) mass is 486 g/mol. The number of ether oxygens (including phenoxy) is 1. The van der Waals surface area contributed by atoms with E-state index in [0.29, 0.717) is 46.7 Å². The lowest BCUT2D eigenvalue weighted by Gasteiger charge is -2.21. The molecule has 0 amide bonds. The third kappa shape index (κ3) is 5.49. The Balaban J connectivity index is 2.22. The SMILES string of the molecule is CCOc1cc(Cc2cnc(N)nc2N)cc(OS(=O)(=O)N(C)CC)c1-c1ccc(C)c(N)c1. The summed E-state index contributed by atoms with van der Waals surface area (Å²) in [6, 6.07) is 8.93. The van der Waals surface area contributed by atoms with Gasteiger partial charge in [-0.25, -0.2) is 4.98 Å². The van der Waals surface area contributed by atoms with Gasteiger partial charge >= 0.3 is 10.3 Å². The van der Waals surface area contributed by atoms with Crippen LogP contribution in [-0.4, -0.2) is 42.9 Å². The van der Waals surface area contributed by atoms with Crippen LogP contribution in [0.1, 0.15) is 30.5 Å². The summed E-state index contributed by atoms with van der Waals surface area (Å²) in [4.78, 5) is 7.99. The van der Waals surface area contributed by atoms with E-state index in [1.165, 1.54) is 13.2 Å². The first-order chi connectivity index (χ1) is 16.1. The second-order valence-electron chi connectivity index (χ2n) is 7.74. The Labute approximate surface area is 200 Å². The molecule has 0 spiro atoms. The first kappa shape index (κ1) is 25.1. The van der Waals surface area contributed by atoms with Crippen molar-refractivity contribution in [3.63, 3.8) is 0 Å². The van der Waals surface area contributed by atoms with Crippen molar-refractivity contribution in [2.75, 3.05) is 37.4 Å². The highest BCUT2D eigenvalue weighted by Gasteiger charge is 2.24. The third-order valence-corrected chi connectivity index (χ3v) is 6.74. The van der Waals surface area contributed by atoms with Crippen molar-refractivity contribution in [2.45, 2.75) is 27.2 Å². The maximum atomic E-state index is 12.9. The summed E-state index contributed by atoms with van der Waals surface area (Å²) in [6.45, 7) is 6.05. The zero-order chi connectivity index (χ0) is 25.0. The van der Waals surface area contributed by atoms with E-state index in [1.54, 1.807) is 19.1 Å². The summed E-state index contributed by atoms with van der Waals surface area (Å²) >= 11 is 0. The number of benzene rings is 2. The molecule has 0 atom stereocenters. The Bertz CT molecular complexity index is 1300. The third-order valence-electron chi connectivity index (χ3n) is 5.33. The fourth-order valence-electron chi connectivity index (χ4n) is 3.29. The van der Waals surface area contributed by atoms with Crippen molar-refractivity contribution in [1.29, 1.82) is 0 Å². The van der Waals surface area contributed by atoms with Crippen molar-refractivity contribution in [3.05, 3.63) is 53.2 Å². The molecule has 0 aliphatic heterocycles. The molecule has 34 heavy (non-hydrogen) atoms. The second-order valence-corrected chi connectivity index (χ2v) is 9.39. The van der Waals surface area contributed by atoms with Crippen LogP contribution in [0.5, 0.6) is 11.5 Å². The van der Waals surface area contributed by atoms with E-state index < -0.39 is 10.3 Å². The van der Waals surface area contributed by atoms with Gasteiger partial charge in [0.25, 0.3) is 0 Å². The van der Waals surface area contributed by atoms with E-state index >= 15 is 0 Å². The minimum Gasteiger partial charge on any atom is -0.493 e. The normalized spacial score (nSPS) is 11.6. The van der Waals surface area contributed by atoms with E-state index in [2.05, 4.69) is 9.97 Å². The Morgan fingerprint density at radius 2 is 1.76 bits per heavy atom. The van der Waals surface area contributed by atoms with Gasteiger partial charge in [-0.3, -0.25) is 0 Å². The zero-order valence-corrected chi connectivity index (χ0v) is 20.5. The quantitative estimate of drug-likeness (QED) is 0.386. The Hall–Kier alpha value is -3.57. The lowest BCUT2D eigenvalue weighted by molar-refractivity contribution is 0.339. The summed E-state index contributed by atoms with van der Waals surface area (Å²) in [5.74, 6) is 0.866. The van der Waals surface area contributed by atoms with Crippen LogP contribution >= 0.6 is 0 Å². The first-order valence-electron chi connectivity index (χ1n) is 10.7. The molecule has 3 aromatic rings. The number of hydrogen-bond acceptors (Lipinski definition) is 9. The summed E-state index contributed by atoms with van der Waals surface area (Å²) < 4.78 is 38.3. The van der Waals surface area contributed by atoms with Crippen LogP contribution in [0.15, 0.2) is 36.5 Å². The Kier molecular flexibility index (Phi) is 7.48. The molecule has 2 aromatic carbocycles. The van der Waals surface area contributed by atoms with Gasteiger partial charge in [-0.05, 0) is 48.7 Å². The highest BCUT2D eigenvalue weighted by Crippen LogP contribution is 2.42. The molecule has 0 radical (unpaired) electrons. The van der Waals surface area contributed by atoms with Crippen molar-refractivity contribution >= 4 is 27.8 Å². The lowest BCUT2D eigenvalue weighted by Crippen LogP contribution is -2.30. The number of nitrogens with two attached hydrogens (primary N) is 3. The molecule has 11 heteroatoms. The number of hydrogen-bond donors (Lipinski definition) is 3. The average molecular weight is 487 g/mol. The molecule has 0 saturated carbocycles. The molecule has 0 saturated heterocycles. The molecule has 0 bridgehead atoms. The van der Waals surface area contributed by atoms with Gasteiger partial charge in [-0.2, -0.15) is 17.7 Å². The molecule has 0 fully saturated rings. The first-order valence-corrected chi connectivity index (χ1v) is 12.1. The standard InChI is InChI=1S/C23H30N6O4S/c1-5-29(4)34(30,31)33-20-11-15(9-17-13-27-23(26)28-22(17)25)10-19(32-6-2)21(20)16-8-7-14(3)18(24)12-16/h7-8,10-13H,5-6,9,24H2,1-4H3,(H4,25,26,27,28). The van der Waals surface area contributed by atoms with Gasteiger partial charge < -0.3 is 26.1 Å². The van der Waals surface area contributed by atoms with Gasteiger partial charge in [-0.15, -0.1) is 0 Å². The number of nitrogen functional groups attached to an aromatic ring is 3. The number of anilines is 3. The highest BCUT2D eigenvalue weighted by molar-refractivity contribution is 7.84. The molecule has 10 nitrogen and oxygen atoms in total. The van der Waals surface area contributed by atoms with Crippen LogP contribution in [0.3, 0.4) is 0 Å². The van der Waals surface area contributed by atoms with E-state index in [0.717, 1.165) is 9.87 Å². The van der Waals surface area contributed by atoms with E-state index in [1.807, 2.05) is 32.0 Å². The van der Waals surface area contributed by atoms with Crippen LogP contribution in [0.2, 0.25) is 0 Å². The summed E-state index contributed by atoms with van der Waals surface area (Å²) in [5.41, 5.74) is 21.7. The Morgan fingerprint density at radius 3 is 2.38 bits per heavy atom. The van der Waals surface area contributed by atoms with Crippen molar-refractivity contribution in [1.82, 2.24) is 14.3 Å². The van der Waals surface area contributed by atoms with Gasteiger partial charge in [0.05, 0.1) is 12.2 Å². The molecule has 6 N–H and O–H groups in total. The number of aromatic nitrogens is 2. The molecule has 182 valence electrons. The van der Waals surface area contributed by atoms with E-state index in [-0.39, 0.29) is 24.1 Å². The van der Waals surface area contributed by atoms with Crippen LogP contribution in [-0.2, 0) is 16.7 Å². The van der Waals surface area contributed by atoms with Gasteiger partial charge in [0.15, 0.2) is 5.75 Å². The highest BCUT2D eigenvalue weighted by atomic mass is 32.2. The maximum absolute atomic E-state index is 12.9. The fraction of sp³-hybridized carbons (Fsp3) is 0.304. The minimum absolute atomic E-state index is 0.0706. The predicted molar refractivity (Wildman–Crippen MR) is 134 cm³/mol. The lowest BCUT2D eigenvalue weighted by atomic mass is 9.97. The topological polar surface area (TPSA) is 160 Å². The minimum atomic E-state index is -4.07.